The Bertz CT molecular complexity index is 488. The second-order valence-electron chi connectivity index (χ2n) is 7.24. The number of carbonyl (C=O) groups is 1. The molecule has 4 nitrogen and oxygen atoms in total. The maximum Gasteiger partial charge on any atom is 0.237 e. The van der Waals surface area contributed by atoms with E-state index in [4.69, 9.17) is 0 Å². The Hall–Kier alpha value is -0.940. The first-order valence-corrected chi connectivity index (χ1v) is 8.52. The van der Waals surface area contributed by atoms with Gasteiger partial charge in [0, 0.05) is 11.1 Å². The average Bonchev–Trinajstić information content (AvgIpc) is 3.14. The first-order valence-electron chi connectivity index (χ1n) is 7.70. The molecule has 1 aromatic heterocycles. The smallest absolute Gasteiger partial charge is 0.237 e. The third-order valence-electron chi connectivity index (χ3n) is 3.78. The standard InChI is InChI=1S/C16H27N3OS/c1-10-9-18-15(21-10)13(11-6-7-11)19-14(20)12(17-5)8-16(2,3)4/h9,11-13,17H,6-8H2,1-5H3,(H,19,20). The molecular weight excluding hydrogens is 282 g/mol. The predicted molar refractivity (Wildman–Crippen MR) is 87.4 cm³/mol. The number of likely N-dealkylation sites (N-methyl/N-ethyl adjacent to an activating group) is 1. The number of carbonyl (C=O) groups excluding carboxylic acids is 1. The first kappa shape index (κ1) is 16.4. The zero-order valence-corrected chi connectivity index (χ0v) is 14.5. The summed E-state index contributed by atoms with van der Waals surface area (Å²) in [6, 6.07) is -0.0562. The molecule has 0 aromatic carbocycles. The number of aromatic nitrogens is 1. The molecule has 0 aliphatic heterocycles. The maximum atomic E-state index is 12.6. The summed E-state index contributed by atoms with van der Waals surface area (Å²) in [6.45, 7) is 8.54. The van der Waals surface area contributed by atoms with E-state index in [1.807, 2.05) is 13.2 Å². The van der Waals surface area contributed by atoms with Gasteiger partial charge in [-0.05, 0) is 44.6 Å². The van der Waals surface area contributed by atoms with E-state index < -0.39 is 0 Å². The molecule has 0 radical (unpaired) electrons. The summed E-state index contributed by atoms with van der Waals surface area (Å²) >= 11 is 1.69. The van der Waals surface area contributed by atoms with Crippen LogP contribution in [0.1, 0.15) is 56.0 Å². The normalized spacial score (nSPS) is 18.3. The number of rotatable bonds is 6. The highest BCUT2D eigenvalue weighted by Crippen LogP contribution is 2.42. The Balaban J connectivity index is 2.04. The lowest BCUT2D eigenvalue weighted by molar-refractivity contribution is -0.124. The molecule has 118 valence electrons. The van der Waals surface area contributed by atoms with E-state index in [0.29, 0.717) is 5.92 Å². The van der Waals surface area contributed by atoms with E-state index in [2.05, 4.69) is 43.3 Å². The second-order valence-corrected chi connectivity index (χ2v) is 8.51. The largest absolute Gasteiger partial charge is 0.345 e. The molecule has 1 fully saturated rings. The number of thiazole rings is 1. The molecule has 0 spiro atoms. The molecule has 0 saturated heterocycles. The van der Waals surface area contributed by atoms with Crippen molar-refractivity contribution in [2.45, 2.75) is 59.0 Å². The molecule has 1 aliphatic carbocycles. The number of hydrogen-bond acceptors (Lipinski definition) is 4. The van der Waals surface area contributed by atoms with Gasteiger partial charge in [0.15, 0.2) is 0 Å². The molecule has 5 heteroatoms. The number of nitrogens with one attached hydrogen (secondary N) is 2. The summed E-state index contributed by atoms with van der Waals surface area (Å²) in [5.41, 5.74) is 0.123. The van der Waals surface area contributed by atoms with Gasteiger partial charge in [0.2, 0.25) is 5.91 Å². The highest BCUT2D eigenvalue weighted by molar-refractivity contribution is 7.11. The topological polar surface area (TPSA) is 54.0 Å². The van der Waals surface area contributed by atoms with Crippen molar-refractivity contribution in [3.8, 4) is 0 Å². The van der Waals surface area contributed by atoms with Gasteiger partial charge in [-0.2, -0.15) is 0 Å². The van der Waals surface area contributed by atoms with E-state index in [1.54, 1.807) is 11.3 Å². The lowest BCUT2D eigenvalue weighted by atomic mass is 9.87. The van der Waals surface area contributed by atoms with E-state index >= 15 is 0 Å². The Morgan fingerprint density at radius 3 is 2.57 bits per heavy atom. The molecular formula is C16H27N3OS. The van der Waals surface area contributed by atoms with Crippen LogP contribution in [0.3, 0.4) is 0 Å². The number of aryl methyl sites for hydroxylation is 1. The quantitative estimate of drug-likeness (QED) is 0.849. The minimum atomic E-state index is -0.146. The second kappa shape index (κ2) is 6.44. The van der Waals surface area contributed by atoms with Crippen LogP contribution >= 0.6 is 11.3 Å². The predicted octanol–water partition coefficient (Wildman–Crippen LogP) is 3.04. The lowest BCUT2D eigenvalue weighted by Crippen LogP contribution is -2.46. The molecule has 2 N–H and O–H groups in total. The van der Waals surface area contributed by atoms with Crippen LogP contribution < -0.4 is 10.6 Å². The summed E-state index contributed by atoms with van der Waals surface area (Å²) in [4.78, 5) is 18.3. The SMILES string of the molecule is CNC(CC(C)(C)C)C(=O)NC(c1ncc(C)s1)C1CC1. The van der Waals surface area contributed by atoms with Crippen LogP contribution in [0.4, 0.5) is 0 Å². The van der Waals surface area contributed by atoms with E-state index in [0.717, 1.165) is 11.4 Å². The minimum Gasteiger partial charge on any atom is -0.345 e. The van der Waals surface area contributed by atoms with Crippen molar-refractivity contribution in [1.82, 2.24) is 15.6 Å². The third-order valence-corrected chi connectivity index (χ3v) is 4.77. The molecule has 1 amide bonds. The third kappa shape index (κ3) is 4.78. The van der Waals surface area contributed by atoms with E-state index in [1.165, 1.54) is 17.7 Å². The average molecular weight is 309 g/mol. The lowest BCUT2D eigenvalue weighted by Gasteiger charge is -2.26. The van der Waals surface area contributed by atoms with Gasteiger partial charge in [-0.3, -0.25) is 4.79 Å². The van der Waals surface area contributed by atoms with Gasteiger partial charge in [-0.25, -0.2) is 4.98 Å². The van der Waals surface area contributed by atoms with Crippen molar-refractivity contribution in [2.75, 3.05) is 7.05 Å². The molecule has 21 heavy (non-hydrogen) atoms. The molecule has 1 aliphatic rings. The molecule has 1 heterocycles. The maximum absolute atomic E-state index is 12.6. The number of hydrogen-bond donors (Lipinski definition) is 2. The van der Waals surface area contributed by atoms with Gasteiger partial charge in [0.1, 0.15) is 5.01 Å². The van der Waals surface area contributed by atoms with Gasteiger partial charge < -0.3 is 10.6 Å². The summed E-state index contributed by atoms with van der Waals surface area (Å²) in [7, 11) is 1.86. The fourth-order valence-corrected chi connectivity index (χ4v) is 3.44. The van der Waals surface area contributed by atoms with Crippen molar-refractivity contribution in [3.63, 3.8) is 0 Å². The summed E-state index contributed by atoms with van der Waals surface area (Å²) in [5, 5.41) is 7.43. The van der Waals surface area contributed by atoms with Gasteiger partial charge in [-0.15, -0.1) is 11.3 Å². The van der Waals surface area contributed by atoms with Crippen molar-refractivity contribution in [2.24, 2.45) is 11.3 Å². The zero-order chi connectivity index (χ0) is 15.6. The first-order chi connectivity index (χ1) is 9.80. The highest BCUT2D eigenvalue weighted by atomic mass is 32.1. The Morgan fingerprint density at radius 1 is 1.48 bits per heavy atom. The molecule has 0 bridgehead atoms. The zero-order valence-electron chi connectivity index (χ0n) is 13.7. The summed E-state index contributed by atoms with van der Waals surface area (Å²) < 4.78 is 0. The molecule has 2 unspecified atom stereocenters. The van der Waals surface area contributed by atoms with Crippen LogP contribution in [-0.2, 0) is 4.79 Å². The van der Waals surface area contributed by atoms with Crippen molar-refractivity contribution < 1.29 is 4.79 Å². The molecule has 2 atom stereocenters. The Labute approximate surface area is 131 Å². The monoisotopic (exact) mass is 309 g/mol. The molecule has 2 rings (SSSR count). The fourth-order valence-electron chi connectivity index (χ4n) is 2.52. The Morgan fingerprint density at radius 2 is 2.14 bits per heavy atom. The molecule has 1 saturated carbocycles. The van der Waals surface area contributed by atoms with Gasteiger partial charge >= 0.3 is 0 Å². The van der Waals surface area contributed by atoms with Gasteiger partial charge in [0.05, 0.1) is 12.1 Å². The van der Waals surface area contributed by atoms with E-state index in [9.17, 15) is 4.79 Å². The van der Waals surface area contributed by atoms with Crippen LogP contribution in [0.15, 0.2) is 6.20 Å². The number of amides is 1. The summed E-state index contributed by atoms with van der Waals surface area (Å²) in [6.07, 6.45) is 5.09. The van der Waals surface area contributed by atoms with Crippen LogP contribution in [0.25, 0.3) is 0 Å². The van der Waals surface area contributed by atoms with E-state index in [-0.39, 0.29) is 23.4 Å². The van der Waals surface area contributed by atoms with Crippen molar-refractivity contribution in [1.29, 1.82) is 0 Å². The van der Waals surface area contributed by atoms with Crippen molar-refractivity contribution >= 4 is 17.2 Å². The highest BCUT2D eigenvalue weighted by Gasteiger charge is 2.36. The van der Waals surface area contributed by atoms with Crippen LogP contribution in [-0.4, -0.2) is 24.0 Å². The van der Waals surface area contributed by atoms with Gasteiger partial charge in [0.25, 0.3) is 0 Å². The summed E-state index contributed by atoms with van der Waals surface area (Å²) in [5.74, 6) is 0.656. The van der Waals surface area contributed by atoms with Crippen molar-refractivity contribution in [3.05, 3.63) is 16.1 Å². The number of nitrogens with zero attached hydrogens (tertiary/aromatic N) is 1. The minimum absolute atomic E-state index is 0.0898. The van der Waals surface area contributed by atoms with Crippen LogP contribution in [0.2, 0.25) is 0 Å². The van der Waals surface area contributed by atoms with Crippen LogP contribution in [0, 0.1) is 18.3 Å². The molecule has 1 aromatic rings. The van der Waals surface area contributed by atoms with Gasteiger partial charge in [-0.1, -0.05) is 20.8 Å². The Kier molecular flexibility index (Phi) is 5.04. The fraction of sp³-hybridized carbons (Fsp3) is 0.750. The van der Waals surface area contributed by atoms with Crippen LogP contribution in [0.5, 0.6) is 0 Å².